The van der Waals surface area contributed by atoms with Crippen LogP contribution >= 0.6 is 11.3 Å². The molecule has 0 aliphatic rings. The van der Waals surface area contributed by atoms with Crippen LogP contribution in [0.3, 0.4) is 0 Å². The zero-order chi connectivity index (χ0) is 15.3. The number of nitrogens with one attached hydrogen (secondary N) is 1. The van der Waals surface area contributed by atoms with E-state index in [0.29, 0.717) is 17.1 Å². The summed E-state index contributed by atoms with van der Waals surface area (Å²) in [6.45, 7) is 1.84. The molecule has 0 fully saturated rings. The molecule has 2 rings (SSSR count). The molecule has 0 saturated carbocycles. The number of aryl methyl sites for hydroxylation is 1. The minimum absolute atomic E-state index is 0.0179. The van der Waals surface area contributed by atoms with E-state index in [1.54, 1.807) is 18.3 Å². The Hall–Kier alpha value is -1.88. The average molecular weight is 322 g/mol. The van der Waals surface area contributed by atoms with Crippen molar-refractivity contribution in [2.75, 3.05) is 11.3 Å². The van der Waals surface area contributed by atoms with Crippen LogP contribution in [0.1, 0.15) is 16.9 Å². The van der Waals surface area contributed by atoms with E-state index in [1.807, 2.05) is 6.92 Å². The lowest BCUT2D eigenvalue weighted by Gasteiger charge is -2.05. The van der Waals surface area contributed by atoms with Crippen molar-refractivity contribution in [3.63, 3.8) is 0 Å². The molecule has 0 atom stereocenters. The van der Waals surface area contributed by atoms with Gasteiger partial charge in [0.15, 0.2) is 5.13 Å². The Morgan fingerprint density at radius 3 is 2.90 bits per heavy atom. The number of hydrogen-bond donors (Lipinski definition) is 2. The molecule has 0 saturated heterocycles. The SMILES string of the molecule is Cc1cnc(NS(=O)(=O)c2cccc(C#CCCO)c2)s1. The fourth-order valence-electron chi connectivity index (χ4n) is 1.54. The molecule has 0 amide bonds. The van der Waals surface area contributed by atoms with Gasteiger partial charge in [-0.1, -0.05) is 17.9 Å². The Morgan fingerprint density at radius 1 is 1.43 bits per heavy atom. The summed E-state index contributed by atoms with van der Waals surface area (Å²) >= 11 is 1.27. The maximum atomic E-state index is 12.3. The molecule has 110 valence electrons. The summed E-state index contributed by atoms with van der Waals surface area (Å²) in [5.74, 6) is 5.57. The molecule has 0 bridgehead atoms. The maximum Gasteiger partial charge on any atom is 0.263 e. The number of anilines is 1. The van der Waals surface area contributed by atoms with Crippen LogP contribution < -0.4 is 4.72 Å². The Kier molecular flexibility index (Phi) is 4.96. The fraction of sp³-hybridized carbons (Fsp3) is 0.214. The highest BCUT2D eigenvalue weighted by Gasteiger charge is 2.15. The number of sulfonamides is 1. The highest BCUT2D eigenvalue weighted by molar-refractivity contribution is 7.93. The van der Waals surface area contributed by atoms with Crippen molar-refractivity contribution >= 4 is 26.5 Å². The number of aliphatic hydroxyl groups is 1. The second-order valence-corrected chi connectivity index (χ2v) is 7.10. The average Bonchev–Trinajstić information content (AvgIpc) is 2.84. The molecule has 1 aromatic heterocycles. The standard InChI is InChI=1S/C14H14N2O3S2/c1-11-10-15-14(20-11)16-21(18,19)13-7-4-6-12(9-13)5-2-3-8-17/h4,6-7,9-10,17H,3,8H2,1H3,(H,15,16). The number of aromatic nitrogens is 1. The molecule has 0 unspecified atom stereocenters. The smallest absolute Gasteiger partial charge is 0.263 e. The third-order valence-corrected chi connectivity index (χ3v) is 4.75. The molecule has 1 heterocycles. The number of hydrogen-bond acceptors (Lipinski definition) is 5. The van der Waals surface area contributed by atoms with Crippen LogP contribution in [0.15, 0.2) is 35.4 Å². The normalized spacial score (nSPS) is 10.8. The third-order valence-electron chi connectivity index (χ3n) is 2.46. The lowest BCUT2D eigenvalue weighted by molar-refractivity contribution is 0.305. The van der Waals surface area contributed by atoms with E-state index in [0.717, 1.165) is 4.88 Å². The van der Waals surface area contributed by atoms with E-state index >= 15 is 0 Å². The molecule has 0 spiro atoms. The Bertz CT molecular complexity index is 786. The van der Waals surface area contributed by atoms with Gasteiger partial charge in [0.2, 0.25) is 0 Å². The largest absolute Gasteiger partial charge is 0.395 e. The van der Waals surface area contributed by atoms with Crippen LogP contribution in [0.5, 0.6) is 0 Å². The van der Waals surface area contributed by atoms with Gasteiger partial charge >= 0.3 is 0 Å². The summed E-state index contributed by atoms with van der Waals surface area (Å²) in [6, 6.07) is 6.34. The molecule has 7 heteroatoms. The number of nitrogens with zero attached hydrogens (tertiary/aromatic N) is 1. The van der Waals surface area contributed by atoms with Crippen molar-refractivity contribution in [1.82, 2.24) is 4.98 Å². The number of benzene rings is 1. The molecule has 5 nitrogen and oxygen atoms in total. The van der Waals surface area contributed by atoms with Crippen molar-refractivity contribution in [3.8, 4) is 11.8 Å². The first-order chi connectivity index (χ1) is 10.0. The van der Waals surface area contributed by atoms with Gasteiger partial charge in [0.05, 0.1) is 11.5 Å². The Balaban J connectivity index is 2.24. The van der Waals surface area contributed by atoms with Crippen LogP contribution in [-0.4, -0.2) is 25.1 Å². The van der Waals surface area contributed by atoms with Gasteiger partial charge in [-0.05, 0) is 25.1 Å². The van der Waals surface area contributed by atoms with Crippen LogP contribution in [0, 0.1) is 18.8 Å². The van der Waals surface area contributed by atoms with Gasteiger partial charge in [-0.15, -0.1) is 11.3 Å². The van der Waals surface area contributed by atoms with Crippen molar-refractivity contribution in [2.45, 2.75) is 18.2 Å². The van der Waals surface area contributed by atoms with Crippen LogP contribution in [0.2, 0.25) is 0 Å². The molecule has 0 radical (unpaired) electrons. The van der Waals surface area contributed by atoms with E-state index in [2.05, 4.69) is 21.5 Å². The molecule has 21 heavy (non-hydrogen) atoms. The van der Waals surface area contributed by atoms with Gasteiger partial charge in [0.1, 0.15) is 0 Å². The van der Waals surface area contributed by atoms with Gasteiger partial charge in [-0.3, -0.25) is 4.72 Å². The van der Waals surface area contributed by atoms with Gasteiger partial charge < -0.3 is 5.11 Å². The van der Waals surface area contributed by atoms with Crippen LogP contribution in [-0.2, 0) is 10.0 Å². The van der Waals surface area contributed by atoms with E-state index in [9.17, 15) is 8.42 Å². The van der Waals surface area contributed by atoms with Gasteiger partial charge in [-0.2, -0.15) is 0 Å². The number of thiazole rings is 1. The zero-order valence-corrected chi connectivity index (χ0v) is 13.0. The summed E-state index contributed by atoms with van der Waals surface area (Å²) in [6.07, 6.45) is 1.97. The summed E-state index contributed by atoms with van der Waals surface area (Å²) in [5.41, 5.74) is 0.585. The van der Waals surface area contributed by atoms with Gasteiger partial charge in [0.25, 0.3) is 10.0 Å². The Morgan fingerprint density at radius 2 is 2.24 bits per heavy atom. The molecule has 2 N–H and O–H groups in total. The van der Waals surface area contributed by atoms with Crippen molar-refractivity contribution in [2.24, 2.45) is 0 Å². The van der Waals surface area contributed by atoms with Crippen LogP contribution in [0.25, 0.3) is 0 Å². The van der Waals surface area contributed by atoms with Crippen LogP contribution in [0.4, 0.5) is 5.13 Å². The first-order valence-electron chi connectivity index (χ1n) is 6.16. The quantitative estimate of drug-likeness (QED) is 0.844. The second kappa shape index (κ2) is 6.72. The number of aliphatic hydroxyl groups excluding tert-OH is 1. The van der Waals surface area contributed by atoms with E-state index in [1.165, 1.54) is 23.5 Å². The van der Waals surface area contributed by atoms with Gasteiger partial charge in [0, 0.05) is 23.1 Å². The van der Waals surface area contributed by atoms with Crippen molar-refractivity contribution < 1.29 is 13.5 Å². The summed E-state index contributed by atoms with van der Waals surface area (Å²) < 4.78 is 27.0. The topological polar surface area (TPSA) is 79.3 Å². The zero-order valence-electron chi connectivity index (χ0n) is 11.3. The van der Waals surface area contributed by atoms with Crippen molar-refractivity contribution in [3.05, 3.63) is 40.9 Å². The van der Waals surface area contributed by atoms with E-state index < -0.39 is 10.0 Å². The Labute approximate surface area is 127 Å². The monoisotopic (exact) mass is 322 g/mol. The maximum absolute atomic E-state index is 12.3. The highest BCUT2D eigenvalue weighted by Crippen LogP contribution is 2.21. The molecular formula is C14H14N2O3S2. The molecule has 2 aromatic rings. The highest BCUT2D eigenvalue weighted by atomic mass is 32.2. The first kappa shape index (κ1) is 15.5. The third kappa shape index (κ3) is 4.29. The minimum Gasteiger partial charge on any atom is -0.395 e. The lowest BCUT2D eigenvalue weighted by atomic mass is 10.2. The van der Waals surface area contributed by atoms with Gasteiger partial charge in [-0.25, -0.2) is 13.4 Å². The first-order valence-corrected chi connectivity index (χ1v) is 8.46. The molecule has 0 aliphatic carbocycles. The predicted molar refractivity (Wildman–Crippen MR) is 82.7 cm³/mol. The summed E-state index contributed by atoms with van der Waals surface area (Å²) in [5, 5.41) is 9.02. The number of rotatable bonds is 4. The van der Waals surface area contributed by atoms with E-state index in [4.69, 9.17) is 5.11 Å². The molecular weight excluding hydrogens is 308 g/mol. The fourth-order valence-corrected chi connectivity index (χ4v) is 3.49. The van der Waals surface area contributed by atoms with Crippen molar-refractivity contribution in [1.29, 1.82) is 0 Å². The lowest BCUT2D eigenvalue weighted by Crippen LogP contribution is -2.12. The minimum atomic E-state index is -3.67. The predicted octanol–water partition coefficient (Wildman–Crippen LogP) is 1.99. The molecule has 0 aliphatic heterocycles. The van der Waals surface area contributed by atoms with E-state index in [-0.39, 0.29) is 11.5 Å². The second-order valence-electron chi connectivity index (χ2n) is 4.18. The summed E-state index contributed by atoms with van der Waals surface area (Å²) in [7, 11) is -3.67. The summed E-state index contributed by atoms with van der Waals surface area (Å²) in [4.78, 5) is 5.04. The molecule has 1 aromatic carbocycles.